The van der Waals surface area contributed by atoms with Gasteiger partial charge in [-0.3, -0.25) is 0 Å². The van der Waals surface area contributed by atoms with Crippen LogP contribution < -0.4 is 5.73 Å². The number of anilines is 1. The summed E-state index contributed by atoms with van der Waals surface area (Å²) in [6.45, 7) is 0. The molecular weight excluding hydrogens is 178 g/mol. The Balaban J connectivity index is 3.20. The molecule has 0 amide bonds. The van der Waals surface area contributed by atoms with Crippen LogP contribution in [0.2, 0.25) is 0 Å². The van der Waals surface area contributed by atoms with Crippen molar-refractivity contribution in [3.05, 3.63) is 17.5 Å². The van der Waals surface area contributed by atoms with Crippen molar-refractivity contribution in [3.8, 4) is 0 Å². The minimum Gasteiger partial charge on any atom is -0.476 e. The zero-order valence-electron chi connectivity index (χ0n) is 6.26. The first-order chi connectivity index (χ1) is 6.02. The van der Waals surface area contributed by atoms with Crippen molar-refractivity contribution in [2.24, 2.45) is 0 Å². The van der Waals surface area contributed by atoms with Crippen LogP contribution in [-0.2, 0) is 0 Å². The number of aromatic nitrogens is 2. The lowest BCUT2D eigenvalue weighted by Gasteiger charge is -1.98. The van der Waals surface area contributed by atoms with Gasteiger partial charge in [0.1, 0.15) is 0 Å². The van der Waals surface area contributed by atoms with Crippen molar-refractivity contribution < 1.29 is 19.8 Å². The van der Waals surface area contributed by atoms with Crippen LogP contribution in [-0.4, -0.2) is 32.3 Å². The van der Waals surface area contributed by atoms with Gasteiger partial charge in [0.05, 0.1) is 5.69 Å². The topological polar surface area (TPSA) is 126 Å². The number of carboxylic acid groups (broad SMARTS) is 2. The van der Waals surface area contributed by atoms with Crippen molar-refractivity contribution >= 4 is 17.6 Å². The van der Waals surface area contributed by atoms with E-state index in [1.54, 1.807) is 0 Å². The standard InChI is InChI=1S/C6H5N3O4/c7-2-1-3(5(10)11)8-9-4(2)6(12)13/h1H,(H2,7,8)(H,10,11)(H,12,13). The van der Waals surface area contributed by atoms with E-state index in [0.29, 0.717) is 0 Å². The Bertz CT molecular complexity index is 376. The molecule has 0 aliphatic rings. The van der Waals surface area contributed by atoms with Crippen LogP contribution in [0.25, 0.3) is 0 Å². The van der Waals surface area contributed by atoms with E-state index in [1.165, 1.54) is 0 Å². The molecule has 13 heavy (non-hydrogen) atoms. The number of rotatable bonds is 2. The van der Waals surface area contributed by atoms with Gasteiger partial charge in [-0.2, -0.15) is 0 Å². The average Bonchev–Trinajstić information content (AvgIpc) is 2.03. The third-order valence-electron chi connectivity index (χ3n) is 1.25. The summed E-state index contributed by atoms with van der Waals surface area (Å²) in [5.74, 6) is -2.65. The monoisotopic (exact) mass is 183 g/mol. The van der Waals surface area contributed by atoms with E-state index < -0.39 is 17.6 Å². The summed E-state index contributed by atoms with van der Waals surface area (Å²) in [6.07, 6.45) is 0. The van der Waals surface area contributed by atoms with Crippen LogP contribution >= 0.6 is 0 Å². The Kier molecular flexibility index (Phi) is 2.09. The number of nitrogens with two attached hydrogens (primary N) is 1. The van der Waals surface area contributed by atoms with Gasteiger partial charge in [-0.05, 0) is 6.07 Å². The number of hydrogen-bond acceptors (Lipinski definition) is 5. The molecule has 0 fully saturated rings. The zero-order chi connectivity index (χ0) is 10.0. The van der Waals surface area contributed by atoms with Gasteiger partial charge in [0, 0.05) is 0 Å². The van der Waals surface area contributed by atoms with Gasteiger partial charge < -0.3 is 15.9 Å². The highest BCUT2D eigenvalue weighted by atomic mass is 16.4. The van der Waals surface area contributed by atoms with E-state index in [9.17, 15) is 9.59 Å². The highest BCUT2D eigenvalue weighted by Gasteiger charge is 2.14. The third kappa shape index (κ3) is 1.70. The molecule has 1 heterocycles. The van der Waals surface area contributed by atoms with Crippen molar-refractivity contribution in [2.75, 3.05) is 5.73 Å². The fraction of sp³-hybridized carbons (Fsp3) is 0. The van der Waals surface area contributed by atoms with Crippen molar-refractivity contribution in [3.63, 3.8) is 0 Å². The molecule has 0 saturated carbocycles. The lowest BCUT2D eigenvalue weighted by atomic mass is 10.3. The molecule has 0 bridgehead atoms. The van der Waals surface area contributed by atoms with Gasteiger partial charge in [0.2, 0.25) is 0 Å². The normalized spacial score (nSPS) is 9.54. The number of nitrogens with zero attached hydrogens (tertiary/aromatic N) is 2. The average molecular weight is 183 g/mol. The van der Waals surface area contributed by atoms with E-state index >= 15 is 0 Å². The molecule has 0 aliphatic heterocycles. The van der Waals surface area contributed by atoms with Gasteiger partial charge in [-0.25, -0.2) is 9.59 Å². The molecular formula is C6H5N3O4. The molecule has 0 saturated heterocycles. The molecule has 0 radical (unpaired) electrons. The van der Waals surface area contributed by atoms with Crippen LogP contribution in [0.5, 0.6) is 0 Å². The van der Waals surface area contributed by atoms with E-state index in [4.69, 9.17) is 15.9 Å². The molecule has 1 aromatic heterocycles. The van der Waals surface area contributed by atoms with E-state index in [1.807, 2.05) is 0 Å². The predicted molar refractivity (Wildman–Crippen MR) is 40.4 cm³/mol. The summed E-state index contributed by atoms with van der Waals surface area (Å²) in [4.78, 5) is 20.7. The quantitative estimate of drug-likeness (QED) is 0.561. The predicted octanol–water partition coefficient (Wildman–Crippen LogP) is -0.545. The smallest absolute Gasteiger partial charge is 0.358 e. The summed E-state index contributed by atoms with van der Waals surface area (Å²) in [7, 11) is 0. The van der Waals surface area contributed by atoms with Crippen molar-refractivity contribution in [2.45, 2.75) is 0 Å². The van der Waals surface area contributed by atoms with Gasteiger partial charge in [0.15, 0.2) is 11.4 Å². The molecule has 1 rings (SSSR count). The second-order valence-corrected chi connectivity index (χ2v) is 2.14. The van der Waals surface area contributed by atoms with E-state index in [2.05, 4.69) is 10.2 Å². The summed E-state index contributed by atoms with van der Waals surface area (Å²) >= 11 is 0. The summed E-state index contributed by atoms with van der Waals surface area (Å²) < 4.78 is 0. The summed E-state index contributed by atoms with van der Waals surface area (Å²) in [5, 5.41) is 23.2. The van der Waals surface area contributed by atoms with Crippen molar-refractivity contribution in [1.29, 1.82) is 0 Å². The molecule has 0 unspecified atom stereocenters. The Hall–Kier alpha value is -2.18. The molecule has 68 valence electrons. The minimum absolute atomic E-state index is 0.222. The van der Waals surface area contributed by atoms with Crippen LogP contribution in [0.4, 0.5) is 5.69 Å². The first-order valence-corrected chi connectivity index (χ1v) is 3.12. The Morgan fingerprint density at radius 1 is 1.23 bits per heavy atom. The number of carbonyl (C=O) groups is 2. The molecule has 0 aromatic carbocycles. The van der Waals surface area contributed by atoms with E-state index in [0.717, 1.165) is 6.07 Å². The molecule has 7 nitrogen and oxygen atoms in total. The minimum atomic E-state index is -1.35. The fourth-order valence-electron chi connectivity index (χ4n) is 0.677. The molecule has 4 N–H and O–H groups in total. The molecule has 0 atom stereocenters. The maximum absolute atomic E-state index is 10.4. The Morgan fingerprint density at radius 2 is 1.85 bits per heavy atom. The second-order valence-electron chi connectivity index (χ2n) is 2.14. The maximum atomic E-state index is 10.4. The molecule has 0 spiro atoms. The first kappa shape index (κ1) is 8.91. The van der Waals surface area contributed by atoms with Crippen LogP contribution in [0.15, 0.2) is 6.07 Å². The molecule has 7 heteroatoms. The number of aromatic carboxylic acids is 2. The Labute approximate surface area is 71.8 Å². The first-order valence-electron chi connectivity index (χ1n) is 3.12. The number of nitrogen functional groups attached to an aromatic ring is 1. The van der Waals surface area contributed by atoms with Gasteiger partial charge in [-0.1, -0.05) is 0 Å². The van der Waals surface area contributed by atoms with Gasteiger partial charge in [0.25, 0.3) is 0 Å². The van der Waals surface area contributed by atoms with Crippen molar-refractivity contribution in [1.82, 2.24) is 10.2 Å². The fourth-order valence-corrected chi connectivity index (χ4v) is 0.677. The summed E-state index contributed by atoms with van der Waals surface area (Å²) in [5.41, 5.74) is 4.15. The highest BCUT2D eigenvalue weighted by Crippen LogP contribution is 2.08. The van der Waals surface area contributed by atoms with E-state index in [-0.39, 0.29) is 11.4 Å². The van der Waals surface area contributed by atoms with Gasteiger partial charge >= 0.3 is 11.9 Å². The molecule has 0 aliphatic carbocycles. The Morgan fingerprint density at radius 3 is 2.23 bits per heavy atom. The highest BCUT2D eigenvalue weighted by molar-refractivity contribution is 5.93. The van der Waals surface area contributed by atoms with Crippen LogP contribution in [0, 0.1) is 0 Å². The lowest BCUT2D eigenvalue weighted by molar-refractivity contribution is 0.0669. The number of carboxylic acids is 2. The summed E-state index contributed by atoms with van der Waals surface area (Å²) in [6, 6.07) is 0.943. The number of hydrogen-bond donors (Lipinski definition) is 3. The SMILES string of the molecule is Nc1cc(C(=O)O)nnc1C(=O)O. The van der Waals surface area contributed by atoms with Crippen LogP contribution in [0.3, 0.4) is 0 Å². The lowest BCUT2D eigenvalue weighted by Crippen LogP contribution is -2.11. The largest absolute Gasteiger partial charge is 0.476 e. The molecule has 1 aromatic rings. The zero-order valence-corrected chi connectivity index (χ0v) is 6.26. The maximum Gasteiger partial charge on any atom is 0.358 e. The second kappa shape index (κ2) is 3.05. The van der Waals surface area contributed by atoms with Gasteiger partial charge in [-0.15, -0.1) is 10.2 Å². The third-order valence-corrected chi connectivity index (χ3v) is 1.25. The van der Waals surface area contributed by atoms with Crippen LogP contribution in [0.1, 0.15) is 21.0 Å².